The molecule has 0 atom stereocenters. The maximum absolute atomic E-state index is 12.4. The van der Waals surface area contributed by atoms with Crippen molar-refractivity contribution < 1.29 is 55.7 Å². The van der Waals surface area contributed by atoms with Crippen molar-refractivity contribution in [2.75, 3.05) is 58.1 Å². The minimum absolute atomic E-state index is 0.0342. The Balaban J connectivity index is 1.13. The molecule has 68 heavy (non-hydrogen) atoms. The topological polar surface area (TPSA) is 161 Å². The molecule has 4 heterocycles. The van der Waals surface area contributed by atoms with Gasteiger partial charge in [0.05, 0.1) is 48.9 Å². The summed E-state index contributed by atoms with van der Waals surface area (Å²) in [4.78, 5) is 43.4. The Morgan fingerprint density at radius 2 is 1.59 bits per heavy atom. The number of carbonyl (C=O) groups excluding carboxylic acids is 3. The SMILES string of the molecule is COCCOCCOCCN1c2cc3c(cc2C(C)=CC1(C)C)/C(=C/C=C/C=C/C1=[N+](CCCCCC(=O)ON2C(=O)CCC2=O)c2ccc(S(=O)(=O)O)cc2C1(C)C)C=C(c1ccccc1)O3. The molecule has 1 saturated heterocycles. The van der Waals surface area contributed by atoms with Crippen LogP contribution >= 0.6 is 0 Å². The van der Waals surface area contributed by atoms with Gasteiger partial charge in [0.15, 0.2) is 5.71 Å². The summed E-state index contributed by atoms with van der Waals surface area (Å²) in [6.07, 6.45) is 16.3. The van der Waals surface area contributed by atoms with Gasteiger partial charge < -0.3 is 28.7 Å². The second-order valence-corrected chi connectivity index (χ2v) is 19.7. The Morgan fingerprint density at radius 3 is 2.31 bits per heavy atom. The van der Waals surface area contributed by atoms with Crippen LogP contribution in [-0.2, 0) is 49.0 Å². The van der Waals surface area contributed by atoms with Crippen molar-refractivity contribution >= 4 is 61.9 Å². The first kappa shape index (κ1) is 49.9. The molecule has 15 heteroatoms. The van der Waals surface area contributed by atoms with Crippen molar-refractivity contribution in [3.63, 3.8) is 0 Å². The molecule has 3 aromatic rings. The average molecular weight is 949 g/mol. The Labute approximate surface area is 399 Å². The fourth-order valence-corrected chi connectivity index (χ4v) is 9.65. The highest BCUT2D eigenvalue weighted by atomic mass is 32.2. The summed E-state index contributed by atoms with van der Waals surface area (Å²) in [5, 5.41) is 0.564. The van der Waals surface area contributed by atoms with Crippen molar-refractivity contribution in [3.8, 4) is 5.75 Å². The van der Waals surface area contributed by atoms with E-state index in [0.717, 1.165) is 56.4 Å². The number of carbonyl (C=O) groups is 3. The first-order chi connectivity index (χ1) is 32.5. The molecule has 360 valence electrons. The van der Waals surface area contributed by atoms with Gasteiger partial charge in [0.1, 0.15) is 18.1 Å². The first-order valence-corrected chi connectivity index (χ1v) is 24.6. The zero-order chi connectivity index (χ0) is 48.6. The molecule has 2 amide bonds. The number of allylic oxidation sites excluding steroid dienone is 8. The van der Waals surface area contributed by atoms with Gasteiger partial charge in [-0.3, -0.25) is 14.1 Å². The molecule has 0 spiro atoms. The van der Waals surface area contributed by atoms with E-state index in [1.807, 2.05) is 68.5 Å². The van der Waals surface area contributed by atoms with Crippen LogP contribution in [0.2, 0.25) is 0 Å². The number of ether oxygens (including phenoxy) is 4. The summed E-state index contributed by atoms with van der Waals surface area (Å²) in [6.45, 7) is 14.4. The molecule has 4 aliphatic heterocycles. The van der Waals surface area contributed by atoms with Crippen LogP contribution in [0.1, 0.15) is 95.4 Å². The van der Waals surface area contributed by atoms with Gasteiger partial charge in [0, 0.05) is 85.5 Å². The van der Waals surface area contributed by atoms with E-state index in [1.54, 1.807) is 13.2 Å². The number of unbranched alkanes of at least 4 members (excludes halogenated alkanes) is 2. The second-order valence-electron chi connectivity index (χ2n) is 18.2. The summed E-state index contributed by atoms with van der Waals surface area (Å²) in [5.41, 5.74) is 7.83. The molecule has 0 aliphatic carbocycles. The average Bonchev–Trinajstić information content (AvgIpc) is 3.72. The Morgan fingerprint density at radius 1 is 0.868 bits per heavy atom. The molecule has 4 aliphatic rings. The van der Waals surface area contributed by atoms with Crippen LogP contribution in [0.5, 0.6) is 5.75 Å². The summed E-state index contributed by atoms with van der Waals surface area (Å²) in [6, 6.07) is 19.0. The normalized spacial score (nSPS) is 18.0. The number of anilines is 1. The molecule has 14 nitrogen and oxygen atoms in total. The van der Waals surface area contributed by atoms with E-state index < -0.39 is 33.3 Å². The van der Waals surface area contributed by atoms with Gasteiger partial charge in [0.25, 0.3) is 21.9 Å². The third-order valence-electron chi connectivity index (χ3n) is 12.6. The number of methoxy groups -OCH3 is 1. The lowest BCUT2D eigenvalue weighted by atomic mass is 9.81. The van der Waals surface area contributed by atoms with Gasteiger partial charge in [-0.2, -0.15) is 13.0 Å². The predicted octanol–water partition coefficient (Wildman–Crippen LogP) is 8.79. The van der Waals surface area contributed by atoms with Crippen LogP contribution in [0.4, 0.5) is 11.4 Å². The van der Waals surface area contributed by atoms with E-state index in [-0.39, 0.29) is 29.7 Å². The quantitative estimate of drug-likeness (QED) is 0.0356. The van der Waals surface area contributed by atoms with Crippen molar-refractivity contribution in [2.45, 2.75) is 89.0 Å². The number of benzene rings is 3. The number of amides is 2. The van der Waals surface area contributed by atoms with Gasteiger partial charge in [-0.05, 0) is 82.9 Å². The second kappa shape index (κ2) is 21.5. The Kier molecular flexibility index (Phi) is 15.8. The van der Waals surface area contributed by atoms with Crippen LogP contribution in [0.25, 0.3) is 16.9 Å². The van der Waals surface area contributed by atoms with Crippen LogP contribution in [-0.4, -0.2) is 105 Å². The monoisotopic (exact) mass is 948 g/mol. The minimum Gasteiger partial charge on any atom is -0.456 e. The van der Waals surface area contributed by atoms with Crippen LogP contribution in [0, 0.1) is 0 Å². The summed E-state index contributed by atoms with van der Waals surface area (Å²) >= 11 is 0. The van der Waals surface area contributed by atoms with Gasteiger partial charge >= 0.3 is 5.97 Å². The van der Waals surface area contributed by atoms with E-state index in [1.165, 1.54) is 17.7 Å². The van der Waals surface area contributed by atoms with Crippen LogP contribution < -0.4 is 9.64 Å². The zero-order valence-electron chi connectivity index (χ0n) is 39.8. The van der Waals surface area contributed by atoms with Crippen molar-refractivity contribution in [2.24, 2.45) is 0 Å². The predicted molar refractivity (Wildman–Crippen MR) is 261 cm³/mol. The summed E-state index contributed by atoms with van der Waals surface area (Å²) < 4.78 is 59.9. The number of hydrogen-bond acceptors (Lipinski definition) is 11. The van der Waals surface area contributed by atoms with E-state index in [4.69, 9.17) is 23.8 Å². The lowest BCUT2D eigenvalue weighted by Gasteiger charge is -2.44. The number of nitrogens with zero attached hydrogens (tertiary/aromatic N) is 3. The molecule has 0 saturated carbocycles. The van der Waals surface area contributed by atoms with Crippen molar-refractivity contribution in [1.29, 1.82) is 0 Å². The van der Waals surface area contributed by atoms with Crippen molar-refractivity contribution in [3.05, 3.63) is 125 Å². The van der Waals surface area contributed by atoms with E-state index in [2.05, 4.69) is 60.6 Å². The van der Waals surface area contributed by atoms with Crippen LogP contribution in [0.3, 0.4) is 0 Å². The molecule has 0 radical (unpaired) electrons. The lowest BCUT2D eigenvalue weighted by molar-refractivity contribution is -0.438. The van der Waals surface area contributed by atoms with Crippen LogP contribution in [0.15, 0.2) is 108 Å². The molecule has 3 aromatic carbocycles. The van der Waals surface area contributed by atoms with E-state index in [9.17, 15) is 27.4 Å². The number of fused-ring (bicyclic) bond motifs is 3. The highest BCUT2D eigenvalue weighted by Crippen LogP contribution is 2.47. The molecule has 1 N–H and O–H groups in total. The fraction of sp³-hybridized carbons (Fsp3) is 0.396. The lowest BCUT2D eigenvalue weighted by Crippen LogP contribution is -2.46. The minimum atomic E-state index is -4.45. The largest absolute Gasteiger partial charge is 0.456 e. The maximum Gasteiger partial charge on any atom is 0.333 e. The third kappa shape index (κ3) is 11.5. The van der Waals surface area contributed by atoms with Gasteiger partial charge in [-0.15, -0.1) is 5.06 Å². The fourth-order valence-electron chi connectivity index (χ4n) is 9.14. The zero-order valence-corrected chi connectivity index (χ0v) is 40.6. The summed E-state index contributed by atoms with van der Waals surface area (Å²) in [5.74, 6) is -0.188. The van der Waals surface area contributed by atoms with E-state index in [0.29, 0.717) is 70.4 Å². The highest BCUT2D eigenvalue weighted by molar-refractivity contribution is 7.85. The standard InChI is InChI=1S/C53H61N3O11S/c1-37-36-52(2,3)55(26-27-64-30-31-65-29-28-63-6)45-35-47-42(34-41(37)45)39(32-46(66-47)38-16-10-7-11-17-38)18-12-8-13-19-48-53(4,5)43-33-40(68(60,61)62)21-22-44(43)54(48)25-15-9-14-20-51(59)67-56-49(57)23-24-50(56)58/h7-8,10-13,16-19,21-22,32-36H,9,14-15,20,23-31H2,1-6H3/p+1. The molecule has 1 fully saturated rings. The van der Waals surface area contributed by atoms with Gasteiger partial charge in [0.2, 0.25) is 5.69 Å². The Bertz CT molecular complexity index is 2700. The molecule has 0 bridgehead atoms. The van der Waals surface area contributed by atoms with Crippen molar-refractivity contribution in [1.82, 2.24) is 5.06 Å². The molecule has 0 unspecified atom stereocenters. The van der Waals surface area contributed by atoms with E-state index >= 15 is 0 Å². The third-order valence-corrected chi connectivity index (χ3v) is 13.4. The number of hydrogen-bond donors (Lipinski definition) is 1. The molecular formula is C53H62N3O11S+. The smallest absolute Gasteiger partial charge is 0.333 e. The maximum atomic E-state index is 12.4. The Hall–Kier alpha value is -5.97. The van der Waals surface area contributed by atoms with Gasteiger partial charge in [-0.25, -0.2) is 4.79 Å². The molecule has 0 aromatic heterocycles. The molecule has 7 rings (SSSR count). The van der Waals surface area contributed by atoms with Gasteiger partial charge in [-0.1, -0.05) is 60.7 Å². The summed E-state index contributed by atoms with van der Waals surface area (Å²) in [7, 11) is -2.79. The first-order valence-electron chi connectivity index (χ1n) is 23.1. The number of imide groups is 1. The molecular weight excluding hydrogens is 887 g/mol. The number of hydroxylamine groups is 2. The highest BCUT2D eigenvalue weighted by Gasteiger charge is 2.45. The number of rotatable bonds is 21.